The highest BCUT2D eigenvalue weighted by Crippen LogP contribution is 2.39. The topological polar surface area (TPSA) is 57.6 Å². The Morgan fingerprint density at radius 3 is 2.40 bits per heavy atom. The summed E-state index contributed by atoms with van der Waals surface area (Å²) < 4.78 is 39.3. The second-order valence-electron chi connectivity index (χ2n) is 6.78. The van der Waals surface area contributed by atoms with Crippen LogP contribution in [0.15, 0.2) is 6.07 Å². The van der Waals surface area contributed by atoms with Crippen LogP contribution in [0.1, 0.15) is 45.8 Å². The van der Waals surface area contributed by atoms with Crippen molar-refractivity contribution in [1.29, 1.82) is 0 Å². The molecular weight excluding hydrogens is 355 g/mol. The number of hydrogen-bond donors (Lipinski definition) is 1. The van der Waals surface area contributed by atoms with Crippen LogP contribution in [-0.2, 0) is 17.6 Å². The van der Waals surface area contributed by atoms with E-state index in [0.717, 1.165) is 53.9 Å². The lowest BCUT2D eigenvalue weighted by Crippen LogP contribution is -2.34. The van der Waals surface area contributed by atoms with Gasteiger partial charge in [-0.2, -0.15) is 13.2 Å². The highest BCUT2D eigenvalue weighted by Gasteiger charge is 2.53. The molecule has 1 aliphatic carbocycles. The predicted molar refractivity (Wildman–Crippen MR) is 86.8 cm³/mol. The number of amides is 1. The number of alkyl halides is 3. The second kappa shape index (κ2) is 6.97. The van der Waals surface area contributed by atoms with Crippen LogP contribution in [0.5, 0.6) is 0 Å². The Morgan fingerprint density at radius 1 is 1.12 bits per heavy atom. The summed E-state index contributed by atoms with van der Waals surface area (Å²) in [5.74, 6) is -5.58. The Kier molecular flexibility index (Phi) is 5.09. The van der Waals surface area contributed by atoms with E-state index in [1.165, 1.54) is 11.3 Å². The summed E-state index contributed by atoms with van der Waals surface area (Å²) in [6, 6.07) is 1.80. The first-order valence-electron chi connectivity index (χ1n) is 8.47. The quantitative estimate of drug-likeness (QED) is 0.857. The molecule has 4 nitrogen and oxygen atoms in total. The average molecular weight is 375 g/mol. The van der Waals surface area contributed by atoms with Gasteiger partial charge in [0.2, 0.25) is 0 Å². The number of halogens is 3. The highest BCUT2D eigenvalue weighted by atomic mass is 32.1. The van der Waals surface area contributed by atoms with E-state index < -0.39 is 36.4 Å². The number of nitrogens with zero attached hydrogens (tertiary/aromatic N) is 1. The molecule has 1 saturated heterocycles. The third-order valence-electron chi connectivity index (χ3n) is 5.05. The molecule has 1 aromatic rings. The molecule has 8 heteroatoms. The maximum absolute atomic E-state index is 13.1. The van der Waals surface area contributed by atoms with Crippen LogP contribution >= 0.6 is 11.3 Å². The Labute approximate surface area is 147 Å². The van der Waals surface area contributed by atoms with Crippen LogP contribution in [0.4, 0.5) is 13.2 Å². The van der Waals surface area contributed by atoms with Gasteiger partial charge in [-0.25, -0.2) is 0 Å². The van der Waals surface area contributed by atoms with Gasteiger partial charge in [0.25, 0.3) is 5.91 Å². The smallest absolute Gasteiger partial charge is 0.394 e. The molecule has 0 bridgehead atoms. The molecule has 1 aromatic heterocycles. The fraction of sp³-hybridized carbons (Fsp3) is 0.647. The number of aryl methyl sites for hydroxylation is 2. The van der Waals surface area contributed by atoms with Crippen LogP contribution in [0.2, 0.25) is 0 Å². The number of hydrogen-bond acceptors (Lipinski definition) is 3. The first-order valence-corrected chi connectivity index (χ1v) is 9.29. The Balaban J connectivity index is 1.79. The summed E-state index contributed by atoms with van der Waals surface area (Å²) in [6.07, 6.45) is 1.58. The summed E-state index contributed by atoms with van der Waals surface area (Å²) in [5.41, 5.74) is 1.12. The lowest BCUT2D eigenvalue weighted by Gasteiger charge is -2.18. The third-order valence-corrected chi connectivity index (χ3v) is 6.28. The molecule has 1 aliphatic heterocycles. The van der Waals surface area contributed by atoms with Crippen molar-refractivity contribution in [3.63, 3.8) is 0 Å². The SMILES string of the molecule is O=C(O)[C@@H]1CN(C(=O)c2cc3c(s2)CCCCCC3)C[C@H]1C(F)(F)F. The monoisotopic (exact) mass is 375 g/mol. The van der Waals surface area contributed by atoms with Gasteiger partial charge in [0.1, 0.15) is 0 Å². The van der Waals surface area contributed by atoms with Gasteiger partial charge in [0.15, 0.2) is 0 Å². The molecule has 3 rings (SSSR count). The van der Waals surface area contributed by atoms with Gasteiger partial charge >= 0.3 is 12.1 Å². The van der Waals surface area contributed by atoms with E-state index in [9.17, 15) is 22.8 Å². The van der Waals surface area contributed by atoms with E-state index in [1.807, 2.05) is 0 Å². The zero-order chi connectivity index (χ0) is 18.2. The van der Waals surface area contributed by atoms with Gasteiger partial charge in [-0.15, -0.1) is 11.3 Å². The second-order valence-corrected chi connectivity index (χ2v) is 7.91. The molecule has 2 atom stereocenters. The van der Waals surface area contributed by atoms with Gasteiger partial charge in [0, 0.05) is 18.0 Å². The molecule has 1 N–H and O–H groups in total. The van der Waals surface area contributed by atoms with E-state index >= 15 is 0 Å². The van der Waals surface area contributed by atoms with Crippen molar-refractivity contribution < 1.29 is 27.9 Å². The van der Waals surface area contributed by atoms with Crippen LogP contribution in [-0.4, -0.2) is 41.1 Å². The van der Waals surface area contributed by atoms with E-state index in [4.69, 9.17) is 5.11 Å². The van der Waals surface area contributed by atoms with Crippen LogP contribution in [0.3, 0.4) is 0 Å². The van der Waals surface area contributed by atoms with Crippen molar-refractivity contribution in [2.75, 3.05) is 13.1 Å². The van der Waals surface area contributed by atoms with Crippen molar-refractivity contribution in [2.45, 2.75) is 44.7 Å². The summed E-state index contributed by atoms with van der Waals surface area (Å²) in [6.45, 7) is -0.969. The minimum absolute atomic E-state index is 0.388. The molecule has 2 heterocycles. The molecule has 0 spiro atoms. The summed E-state index contributed by atoms with van der Waals surface area (Å²) >= 11 is 1.35. The van der Waals surface area contributed by atoms with Crippen LogP contribution < -0.4 is 0 Å². The number of carboxylic acid groups (broad SMARTS) is 1. The van der Waals surface area contributed by atoms with Gasteiger partial charge in [0.05, 0.1) is 16.7 Å². The lowest BCUT2D eigenvalue weighted by atomic mass is 9.96. The number of carbonyl (C=O) groups excluding carboxylic acids is 1. The molecule has 2 aliphatic rings. The van der Waals surface area contributed by atoms with Crippen molar-refractivity contribution in [3.8, 4) is 0 Å². The number of likely N-dealkylation sites (tertiary alicyclic amines) is 1. The molecule has 1 amide bonds. The molecule has 1 fully saturated rings. The van der Waals surface area contributed by atoms with Crippen molar-refractivity contribution in [2.24, 2.45) is 11.8 Å². The minimum atomic E-state index is -4.62. The first kappa shape index (κ1) is 18.2. The average Bonchev–Trinajstić information content (AvgIpc) is 3.10. The summed E-state index contributed by atoms with van der Waals surface area (Å²) in [7, 11) is 0. The Morgan fingerprint density at radius 2 is 1.80 bits per heavy atom. The number of rotatable bonds is 2. The number of carbonyl (C=O) groups is 2. The molecule has 0 radical (unpaired) electrons. The third kappa shape index (κ3) is 3.83. The fourth-order valence-electron chi connectivity index (χ4n) is 3.66. The molecule has 0 saturated carbocycles. The number of thiophene rings is 1. The molecule has 25 heavy (non-hydrogen) atoms. The van der Waals surface area contributed by atoms with Crippen LogP contribution in [0.25, 0.3) is 0 Å². The van der Waals surface area contributed by atoms with Gasteiger partial charge in [-0.3, -0.25) is 9.59 Å². The maximum atomic E-state index is 13.1. The first-order chi connectivity index (χ1) is 11.8. The summed E-state index contributed by atoms with van der Waals surface area (Å²) in [5, 5.41) is 9.08. The van der Waals surface area contributed by atoms with Crippen molar-refractivity contribution in [1.82, 2.24) is 4.90 Å². The Hall–Kier alpha value is -1.57. The van der Waals surface area contributed by atoms with E-state index in [0.29, 0.717) is 4.88 Å². The van der Waals surface area contributed by atoms with E-state index in [1.54, 1.807) is 6.07 Å². The van der Waals surface area contributed by atoms with Gasteiger partial charge in [-0.05, 0) is 37.3 Å². The molecule has 0 aromatic carbocycles. The van der Waals surface area contributed by atoms with Crippen molar-refractivity contribution in [3.05, 3.63) is 21.4 Å². The molecular formula is C17H20F3NO3S. The maximum Gasteiger partial charge on any atom is 0.394 e. The fourth-order valence-corrected chi connectivity index (χ4v) is 4.88. The molecule has 138 valence electrons. The predicted octanol–water partition coefficient (Wildman–Crippen LogP) is 3.74. The zero-order valence-electron chi connectivity index (χ0n) is 13.6. The van der Waals surface area contributed by atoms with Gasteiger partial charge in [-0.1, -0.05) is 12.8 Å². The molecule has 0 unspecified atom stereocenters. The number of aliphatic carboxylic acids is 1. The largest absolute Gasteiger partial charge is 0.481 e. The van der Waals surface area contributed by atoms with Crippen LogP contribution in [0, 0.1) is 11.8 Å². The minimum Gasteiger partial charge on any atom is -0.481 e. The lowest BCUT2D eigenvalue weighted by molar-refractivity contribution is -0.187. The highest BCUT2D eigenvalue weighted by molar-refractivity contribution is 7.14. The number of fused-ring (bicyclic) bond motifs is 1. The number of carboxylic acids is 1. The normalized spacial score (nSPS) is 24.5. The van der Waals surface area contributed by atoms with E-state index in [2.05, 4.69) is 0 Å². The van der Waals surface area contributed by atoms with Crippen molar-refractivity contribution >= 4 is 23.2 Å². The standard InChI is InChI=1S/C17H20F3NO3S/c18-17(19,20)12-9-21(8-11(12)16(23)24)15(22)14-7-10-5-3-1-2-4-6-13(10)25-14/h7,11-12H,1-6,8-9H2,(H,23,24)/t11-,12-/m1/s1. The zero-order valence-corrected chi connectivity index (χ0v) is 14.5. The van der Waals surface area contributed by atoms with Gasteiger partial charge < -0.3 is 10.0 Å². The Bertz CT molecular complexity index is 645. The van der Waals surface area contributed by atoms with E-state index in [-0.39, 0.29) is 6.54 Å². The summed E-state index contributed by atoms with van der Waals surface area (Å²) in [4.78, 5) is 26.4.